The highest BCUT2D eigenvalue weighted by molar-refractivity contribution is 5.88. The number of unbranched alkanes of at least 4 members (excludes halogenated alkanes) is 18. The van der Waals surface area contributed by atoms with Crippen molar-refractivity contribution in [3.63, 3.8) is 0 Å². The Labute approximate surface area is 473 Å². The van der Waals surface area contributed by atoms with E-state index < -0.39 is 116 Å². The number of amides is 4. The molecule has 0 saturated carbocycles. The van der Waals surface area contributed by atoms with Gasteiger partial charge >= 0.3 is 11.9 Å². The molecule has 4 amide bonds. The first kappa shape index (κ1) is 74.3. The van der Waals surface area contributed by atoms with Crippen LogP contribution in [-0.4, -0.2) is 223 Å². The van der Waals surface area contributed by atoms with Gasteiger partial charge in [0.25, 0.3) is 5.91 Å². The molecule has 1 aliphatic rings. The number of hydrogen-bond donors (Lipinski definition) is 12. The second-order valence-electron chi connectivity index (χ2n) is 20.1. The minimum absolute atomic E-state index is 0.0144. The molecule has 1 aliphatic heterocycles. The summed E-state index contributed by atoms with van der Waals surface area (Å²) >= 11 is 0. The Kier molecular flexibility index (Phi) is 45.3. The molecular formula is C55H102N4O21. The average molecular weight is 1160 g/mol. The number of nitrogens with one attached hydrogen (secondary N) is 4. The molecule has 0 unspecified atom stereocenters. The summed E-state index contributed by atoms with van der Waals surface area (Å²) in [5.41, 5.74) is 0. The Morgan fingerprint density at radius 2 is 1.00 bits per heavy atom. The standard InChI is InChI=1S/C55H102N4O21/c1-3-5-7-9-11-13-15-17-19-21-29-77-46(66)26-23-40(54(73)78-30-22-20-18-16-14-12-10-8-6-4-2)59-44(64)25-24-43(63)56-27-31-74-33-35-76-36-34-75-32-28-57-45(65)37-58-53(72)50(70)49(69)52(41(62)38-60)80-55-51(71)48(68)47(67)42(39-61)79-55/h40-42,47-52,55,60-62,67-71H,3-39H2,1-2H3,(H,56,63)(H,57,65)(H,58,72)(H,59,64)/t40-,41+,42+,47-,48-,49+,50-,51+,52+,55-/m0/s1. The molecule has 0 aliphatic carbocycles. The average Bonchev–Trinajstić information content (AvgIpc) is 3.46. The minimum atomic E-state index is -2.34. The van der Waals surface area contributed by atoms with E-state index in [0.29, 0.717) is 13.0 Å². The zero-order valence-electron chi connectivity index (χ0n) is 47.8. The van der Waals surface area contributed by atoms with Crippen molar-refractivity contribution < 1.29 is 103 Å². The van der Waals surface area contributed by atoms with Gasteiger partial charge in [0.05, 0.1) is 72.6 Å². The van der Waals surface area contributed by atoms with Crippen molar-refractivity contribution in [2.75, 3.05) is 85.7 Å². The van der Waals surface area contributed by atoms with E-state index in [0.717, 1.165) is 38.5 Å². The third kappa shape index (κ3) is 36.0. The largest absolute Gasteiger partial charge is 0.466 e. The van der Waals surface area contributed by atoms with Crippen molar-refractivity contribution in [2.24, 2.45) is 0 Å². The SMILES string of the molecule is CCCCCCCCCCCCOC(=O)CC[C@H](NC(=O)CCC(=O)NCCOCCOCCOCCNC(=O)CNC(=O)[C@@H](O)[C@@H](O)[C@H](O[C@@H]1O[C@H](CO)[C@H](O)[C@H](O)[C@H]1O)[C@H](O)CO)C(=O)OCCCCCCCCCCCC. The van der Waals surface area contributed by atoms with Crippen molar-refractivity contribution in [2.45, 2.75) is 229 Å². The van der Waals surface area contributed by atoms with Crippen LogP contribution in [0.4, 0.5) is 0 Å². The summed E-state index contributed by atoms with van der Waals surface area (Å²) < 4.78 is 37.7. The Bertz CT molecular complexity index is 1620. The van der Waals surface area contributed by atoms with E-state index in [4.69, 9.17) is 33.2 Å². The topological polar surface area (TPSA) is 377 Å². The molecule has 1 saturated heterocycles. The first-order chi connectivity index (χ1) is 38.6. The molecule has 80 heavy (non-hydrogen) atoms. The molecule has 1 fully saturated rings. The molecule has 25 nitrogen and oxygen atoms in total. The third-order valence-corrected chi connectivity index (χ3v) is 13.3. The van der Waals surface area contributed by atoms with Crippen molar-refractivity contribution in [3.05, 3.63) is 0 Å². The van der Waals surface area contributed by atoms with Gasteiger partial charge in [0.15, 0.2) is 12.4 Å². The first-order valence-electron chi connectivity index (χ1n) is 29.4. The number of carbonyl (C=O) groups excluding carboxylic acids is 6. The molecule has 25 heteroatoms. The Balaban J connectivity index is 2.30. The normalized spacial score (nSPS) is 19.1. The van der Waals surface area contributed by atoms with Crippen LogP contribution in [0.25, 0.3) is 0 Å². The number of aliphatic hydroxyl groups excluding tert-OH is 8. The maximum absolute atomic E-state index is 13.1. The number of esters is 2. The summed E-state index contributed by atoms with van der Waals surface area (Å²) in [5.74, 6) is -3.95. The maximum Gasteiger partial charge on any atom is 0.328 e. The zero-order chi connectivity index (χ0) is 59.2. The predicted octanol–water partition coefficient (Wildman–Crippen LogP) is 0.618. The molecular weight excluding hydrogens is 1050 g/mol. The molecule has 0 aromatic carbocycles. The number of carbonyl (C=O) groups is 6. The number of ether oxygens (including phenoxy) is 7. The molecule has 0 spiro atoms. The van der Waals surface area contributed by atoms with Gasteiger partial charge in [-0.3, -0.25) is 24.0 Å². The summed E-state index contributed by atoms with van der Waals surface area (Å²) in [4.78, 5) is 75.8. The molecule has 0 radical (unpaired) electrons. The smallest absolute Gasteiger partial charge is 0.328 e. The van der Waals surface area contributed by atoms with E-state index >= 15 is 0 Å². The van der Waals surface area contributed by atoms with Crippen molar-refractivity contribution in [1.82, 2.24) is 21.3 Å². The fourth-order valence-corrected chi connectivity index (χ4v) is 8.38. The van der Waals surface area contributed by atoms with Crippen LogP contribution in [0.3, 0.4) is 0 Å². The van der Waals surface area contributed by atoms with Gasteiger partial charge in [0, 0.05) is 32.4 Å². The predicted molar refractivity (Wildman–Crippen MR) is 291 cm³/mol. The lowest BCUT2D eigenvalue weighted by Crippen LogP contribution is -2.62. The molecule has 12 N–H and O–H groups in total. The lowest BCUT2D eigenvalue weighted by molar-refractivity contribution is -0.326. The van der Waals surface area contributed by atoms with Crippen LogP contribution in [0.15, 0.2) is 0 Å². The van der Waals surface area contributed by atoms with Crippen LogP contribution in [-0.2, 0) is 61.9 Å². The summed E-state index contributed by atoms with van der Waals surface area (Å²) in [7, 11) is 0. The van der Waals surface area contributed by atoms with Crippen LogP contribution >= 0.6 is 0 Å². The summed E-state index contributed by atoms with van der Waals surface area (Å²) in [6.45, 7) is 3.66. The van der Waals surface area contributed by atoms with E-state index in [9.17, 15) is 69.6 Å². The van der Waals surface area contributed by atoms with Gasteiger partial charge in [-0.15, -0.1) is 0 Å². The minimum Gasteiger partial charge on any atom is -0.466 e. The monoisotopic (exact) mass is 1150 g/mol. The number of aliphatic hydroxyl groups is 8. The summed E-state index contributed by atoms with van der Waals surface area (Å²) in [5, 5.41) is 90.1. The van der Waals surface area contributed by atoms with E-state index in [1.54, 1.807) is 0 Å². The molecule has 0 aromatic heterocycles. The van der Waals surface area contributed by atoms with E-state index in [2.05, 4.69) is 35.1 Å². The highest BCUT2D eigenvalue weighted by atomic mass is 16.7. The van der Waals surface area contributed by atoms with Crippen molar-refractivity contribution >= 4 is 35.6 Å². The van der Waals surface area contributed by atoms with Crippen molar-refractivity contribution in [3.8, 4) is 0 Å². The van der Waals surface area contributed by atoms with Crippen LogP contribution in [0, 0.1) is 0 Å². The fourth-order valence-electron chi connectivity index (χ4n) is 8.38. The van der Waals surface area contributed by atoms with E-state index in [-0.39, 0.29) is 85.0 Å². The van der Waals surface area contributed by atoms with Gasteiger partial charge < -0.3 is 95.3 Å². The Morgan fingerprint density at radius 3 is 1.51 bits per heavy atom. The summed E-state index contributed by atoms with van der Waals surface area (Å²) in [6.07, 6.45) is 5.09. The second kappa shape index (κ2) is 48.8. The molecule has 10 atom stereocenters. The lowest BCUT2D eigenvalue weighted by Gasteiger charge is -2.42. The van der Waals surface area contributed by atoms with Crippen LogP contribution in [0.2, 0.25) is 0 Å². The molecule has 468 valence electrons. The van der Waals surface area contributed by atoms with Gasteiger partial charge in [-0.05, 0) is 19.3 Å². The van der Waals surface area contributed by atoms with Gasteiger partial charge in [0.1, 0.15) is 48.8 Å². The first-order valence-corrected chi connectivity index (χ1v) is 29.4. The van der Waals surface area contributed by atoms with Crippen molar-refractivity contribution in [1.29, 1.82) is 0 Å². The van der Waals surface area contributed by atoms with Gasteiger partial charge in [-0.2, -0.15) is 0 Å². The van der Waals surface area contributed by atoms with Crippen LogP contribution < -0.4 is 21.3 Å². The molecule has 0 aromatic rings. The van der Waals surface area contributed by atoms with Gasteiger partial charge in [-0.25, -0.2) is 4.79 Å². The van der Waals surface area contributed by atoms with Gasteiger partial charge in [-0.1, -0.05) is 129 Å². The van der Waals surface area contributed by atoms with E-state index in [1.165, 1.54) is 83.5 Å². The quantitative estimate of drug-likeness (QED) is 0.0293. The summed E-state index contributed by atoms with van der Waals surface area (Å²) in [6, 6.07) is -1.06. The number of rotatable bonds is 52. The number of hydrogen-bond acceptors (Lipinski definition) is 21. The highest BCUT2D eigenvalue weighted by Gasteiger charge is 2.47. The lowest BCUT2D eigenvalue weighted by atomic mass is 9.98. The van der Waals surface area contributed by atoms with Crippen LogP contribution in [0.5, 0.6) is 0 Å². The molecule has 0 bridgehead atoms. The van der Waals surface area contributed by atoms with E-state index in [1.807, 2.05) is 0 Å². The van der Waals surface area contributed by atoms with Crippen LogP contribution in [0.1, 0.15) is 168 Å². The second-order valence-corrected chi connectivity index (χ2v) is 20.1. The fraction of sp³-hybridized carbons (Fsp3) is 0.891. The molecule has 1 heterocycles. The maximum atomic E-state index is 13.1. The highest BCUT2D eigenvalue weighted by Crippen LogP contribution is 2.25. The third-order valence-electron chi connectivity index (χ3n) is 13.3. The zero-order valence-corrected chi connectivity index (χ0v) is 47.8. The van der Waals surface area contributed by atoms with Gasteiger partial charge in [0.2, 0.25) is 17.7 Å². The Morgan fingerprint density at radius 1 is 0.525 bits per heavy atom. The Hall–Kier alpha value is -3.70. The molecule has 1 rings (SSSR count).